The summed E-state index contributed by atoms with van der Waals surface area (Å²) in [6, 6.07) is 10.0. The molecule has 0 aromatic heterocycles. The third kappa shape index (κ3) is 7.84. The van der Waals surface area contributed by atoms with Gasteiger partial charge in [0.25, 0.3) is 6.47 Å². The topological polar surface area (TPSA) is 108 Å². The zero-order valence-corrected chi connectivity index (χ0v) is 19.5. The molecule has 1 fully saturated rings. The first-order valence-electron chi connectivity index (χ1n) is 10.0. The average Bonchev–Trinajstić information content (AvgIpc) is 2.61. The van der Waals surface area contributed by atoms with Gasteiger partial charge in [0.1, 0.15) is 5.60 Å². The fourth-order valence-corrected chi connectivity index (χ4v) is 3.17. The van der Waals surface area contributed by atoms with Gasteiger partial charge in [-0.05, 0) is 47.1 Å². The van der Waals surface area contributed by atoms with Crippen LogP contribution in [-0.2, 0) is 25.6 Å². The number of nitrogens with one attached hydrogen (secondary N) is 1. The van der Waals surface area contributed by atoms with Crippen LogP contribution < -0.4 is 5.43 Å². The fraction of sp³-hybridized carbons (Fsp3) is 0.591. The molecule has 0 unspecified atom stereocenters. The standard InChI is InChI=1S/C21H33N3O4.CH2O2/c1-19(2,3)22-24(18(26)28-20(4,5)6)21(17(25)27-7)14-23(15-21)13-16-11-9-8-10-12-16;2-1-3/h8-12,22H,13-15H2,1-7H3;1H,(H,2,3). The van der Waals surface area contributed by atoms with Crippen molar-refractivity contribution in [1.82, 2.24) is 15.3 Å². The monoisotopic (exact) mass is 437 g/mol. The Balaban J connectivity index is 0.00000151. The number of hydrogen-bond acceptors (Lipinski definition) is 7. The molecular weight excluding hydrogens is 402 g/mol. The summed E-state index contributed by atoms with van der Waals surface area (Å²) >= 11 is 0. The van der Waals surface area contributed by atoms with E-state index in [1.165, 1.54) is 12.1 Å². The summed E-state index contributed by atoms with van der Waals surface area (Å²) in [5, 5.41) is 8.21. The van der Waals surface area contributed by atoms with Crippen LogP contribution in [0.3, 0.4) is 0 Å². The van der Waals surface area contributed by atoms with E-state index in [1.807, 2.05) is 51.1 Å². The Kier molecular flexibility index (Phi) is 9.01. The minimum Gasteiger partial charge on any atom is -0.483 e. The van der Waals surface area contributed by atoms with E-state index in [1.54, 1.807) is 20.8 Å². The number of likely N-dealkylation sites (tertiary alicyclic amines) is 1. The molecule has 0 bridgehead atoms. The number of esters is 1. The molecule has 1 saturated heterocycles. The summed E-state index contributed by atoms with van der Waals surface area (Å²) in [5.41, 5.74) is 2.03. The van der Waals surface area contributed by atoms with Crippen LogP contribution in [0.15, 0.2) is 30.3 Å². The van der Waals surface area contributed by atoms with Gasteiger partial charge in [0.05, 0.1) is 7.11 Å². The highest BCUT2D eigenvalue weighted by Crippen LogP contribution is 2.32. The van der Waals surface area contributed by atoms with Gasteiger partial charge >= 0.3 is 12.1 Å². The lowest BCUT2D eigenvalue weighted by atomic mass is 9.88. The lowest BCUT2D eigenvalue weighted by Gasteiger charge is -2.54. The van der Waals surface area contributed by atoms with E-state index >= 15 is 0 Å². The van der Waals surface area contributed by atoms with Crippen LogP contribution in [0.5, 0.6) is 0 Å². The van der Waals surface area contributed by atoms with E-state index < -0.39 is 28.7 Å². The summed E-state index contributed by atoms with van der Waals surface area (Å²) in [6.45, 7) is 12.3. The second kappa shape index (κ2) is 10.6. The molecule has 9 nitrogen and oxygen atoms in total. The van der Waals surface area contributed by atoms with E-state index in [0.29, 0.717) is 19.6 Å². The van der Waals surface area contributed by atoms with Crippen molar-refractivity contribution in [3.63, 3.8) is 0 Å². The van der Waals surface area contributed by atoms with Gasteiger partial charge in [-0.15, -0.1) is 0 Å². The Labute approximate surface area is 184 Å². The Morgan fingerprint density at radius 3 is 2.10 bits per heavy atom. The number of hydrazine groups is 1. The van der Waals surface area contributed by atoms with Gasteiger partial charge in [-0.1, -0.05) is 30.3 Å². The summed E-state index contributed by atoms with van der Waals surface area (Å²) in [5.74, 6) is -0.459. The maximum atomic E-state index is 13.0. The molecule has 1 aliphatic rings. The molecule has 0 saturated carbocycles. The van der Waals surface area contributed by atoms with Gasteiger partial charge in [0.2, 0.25) is 0 Å². The Bertz CT molecular complexity index is 734. The van der Waals surface area contributed by atoms with Crippen molar-refractivity contribution in [2.24, 2.45) is 0 Å². The lowest BCUT2D eigenvalue weighted by molar-refractivity contribution is -0.175. The molecule has 1 heterocycles. The minimum absolute atomic E-state index is 0.250. The minimum atomic E-state index is -1.14. The summed E-state index contributed by atoms with van der Waals surface area (Å²) in [6.07, 6.45) is -0.591. The number of rotatable bonds is 5. The van der Waals surface area contributed by atoms with Crippen molar-refractivity contribution < 1.29 is 29.0 Å². The van der Waals surface area contributed by atoms with Crippen molar-refractivity contribution in [1.29, 1.82) is 0 Å². The average molecular weight is 438 g/mol. The van der Waals surface area contributed by atoms with Gasteiger partial charge in [0.15, 0.2) is 5.54 Å². The van der Waals surface area contributed by atoms with Gasteiger partial charge < -0.3 is 14.6 Å². The van der Waals surface area contributed by atoms with Crippen LogP contribution in [0, 0.1) is 0 Å². The van der Waals surface area contributed by atoms with Gasteiger partial charge in [-0.3, -0.25) is 9.69 Å². The molecule has 9 heteroatoms. The molecule has 1 amide bonds. The van der Waals surface area contributed by atoms with Crippen LogP contribution >= 0.6 is 0 Å². The van der Waals surface area contributed by atoms with Crippen molar-refractivity contribution in [3.8, 4) is 0 Å². The predicted octanol–water partition coefficient (Wildman–Crippen LogP) is 2.65. The quantitative estimate of drug-likeness (QED) is 0.411. The molecule has 0 atom stereocenters. The second-order valence-corrected chi connectivity index (χ2v) is 9.44. The molecule has 174 valence electrons. The largest absolute Gasteiger partial charge is 0.483 e. The molecule has 1 aromatic rings. The number of nitrogens with zero attached hydrogens (tertiary/aromatic N) is 2. The molecule has 0 spiro atoms. The molecule has 2 N–H and O–H groups in total. The van der Waals surface area contributed by atoms with Crippen LogP contribution in [0.2, 0.25) is 0 Å². The number of ether oxygens (including phenoxy) is 2. The fourth-order valence-electron chi connectivity index (χ4n) is 3.17. The first-order valence-corrected chi connectivity index (χ1v) is 10.0. The number of amides is 1. The number of benzene rings is 1. The SMILES string of the molecule is COC(=O)C1(N(NC(C)(C)C)C(=O)OC(C)(C)C)CN(Cc2ccccc2)C1.O=CO. The Hall–Kier alpha value is -2.65. The van der Waals surface area contributed by atoms with Gasteiger partial charge in [-0.2, -0.15) is 0 Å². The number of carbonyl (C=O) groups excluding carboxylic acids is 2. The normalized spacial score (nSPS) is 15.6. The van der Waals surface area contributed by atoms with Crippen LogP contribution in [-0.4, -0.2) is 70.4 Å². The first-order chi connectivity index (χ1) is 14.3. The van der Waals surface area contributed by atoms with Crippen molar-refractivity contribution in [2.75, 3.05) is 20.2 Å². The molecule has 31 heavy (non-hydrogen) atoms. The number of methoxy groups -OCH3 is 1. The number of hydrogen-bond donors (Lipinski definition) is 2. The van der Waals surface area contributed by atoms with Crippen LogP contribution in [0.25, 0.3) is 0 Å². The molecule has 2 rings (SSSR count). The van der Waals surface area contributed by atoms with Crippen molar-refractivity contribution >= 4 is 18.5 Å². The summed E-state index contributed by atoms with van der Waals surface area (Å²) < 4.78 is 10.7. The number of carboxylic acid groups (broad SMARTS) is 1. The van der Waals surface area contributed by atoms with Crippen LogP contribution in [0.4, 0.5) is 4.79 Å². The number of carbonyl (C=O) groups is 3. The summed E-state index contributed by atoms with van der Waals surface area (Å²) in [7, 11) is 1.34. The van der Waals surface area contributed by atoms with E-state index in [4.69, 9.17) is 19.4 Å². The van der Waals surface area contributed by atoms with Crippen LogP contribution in [0.1, 0.15) is 47.1 Å². The zero-order valence-electron chi connectivity index (χ0n) is 19.5. The lowest BCUT2D eigenvalue weighted by Crippen LogP contribution is -2.79. The van der Waals surface area contributed by atoms with Gasteiger partial charge in [-0.25, -0.2) is 20.0 Å². The predicted molar refractivity (Wildman–Crippen MR) is 116 cm³/mol. The van der Waals surface area contributed by atoms with Crippen molar-refractivity contribution in [3.05, 3.63) is 35.9 Å². The first kappa shape index (κ1) is 26.4. The van der Waals surface area contributed by atoms with Gasteiger partial charge in [0, 0.05) is 25.2 Å². The van der Waals surface area contributed by atoms with E-state index in [0.717, 1.165) is 5.56 Å². The summed E-state index contributed by atoms with van der Waals surface area (Å²) in [4.78, 5) is 36.2. The Morgan fingerprint density at radius 1 is 1.16 bits per heavy atom. The third-order valence-corrected chi connectivity index (χ3v) is 4.24. The molecule has 0 radical (unpaired) electrons. The van der Waals surface area contributed by atoms with Crippen molar-refractivity contribution in [2.45, 2.75) is 64.8 Å². The molecule has 1 aliphatic heterocycles. The highest BCUT2D eigenvalue weighted by Gasteiger charge is 2.58. The zero-order chi connectivity index (χ0) is 23.9. The maximum Gasteiger partial charge on any atom is 0.425 e. The molecule has 1 aromatic carbocycles. The highest BCUT2D eigenvalue weighted by atomic mass is 16.6. The van der Waals surface area contributed by atoms with E-state index in [2.05, 4.69) is 10.3 Å². The Morgan fingerprint density at radius 2 is 1.68 bits per heavy atom. The maximum absolute atomic E-state index is 13.0. The molecule has 0 aliphatic carbocycles. The smallest absolute Gasteiger partial charge is 0.425 e. The van der Waals surface area contributed by atoms with E-state index in [9.17, 15) is 9.59 Å². The second-order valence-electron chi connectivity index (χ2n) is 9.44. The third-order valence-electron chi connectivity index (χ3n) is 4.24. The molecular formula is C22H35N3O6. The van der Waals surface area contributed by atoms with E-state index in [-0.39, 0.29) is 6.47 Å². The highest BCUT2D eigenvalue weighted by molar-refractivity contribution is 5.87.